The van der Waals surface area contributed by atoms with Crippen molar-refractivity contribution in [3.05, 3.63) is 500 Å². The number of aryl methyl sites for hydroxylation is 3. The van der Waals surface area contributed by atoms with Gasteiger partial charge in [-0.1, -0.05) is 321 Å². The van der Waals surface area contributed by atoms with Gasteiger partial charge in [0.2, 0.25) is 0 Å². The monoisotopic (exact) mass is 1920 g/mol. The molecule has 0 amide bonds. The maximum Gasteiger partial charge on any atom is 0.188 e. The molecule has 149 heavy (non-hydrogen) atoms. The Hall–Kier alpha value is -19.8. The molecule has 0 aliphatic carbocycles. The Balaban J connectivity index is 0.000000125. The van der Waals surface area contributed by atoms with E-state index in [2.05, 4.69) is 392 Å². The van der Waals surface area contributed by atoms with Crippen molar-refractivity contribution in [1.82, 2.24) is 42.4 Å². The molecule has 0 atom stereocenters. The summed E-state index contributed by atoms with van der Waals surface area (Å²) in [5, 5.41) is 34.5. The molecule has 7 aromatic heterocycles. The summed E-state index contributed by atoms with van der Waals surface area (Å²) in [4.78, 5) is 22.5. The van der Waals surface area contributed by atoms with Gasteiger partial charge in [0.1, 0.15) is 6.07 Å². The zero-order chi connectivity index (χ0) is 102. The largest absolute Gasteiger partial charge is 0.309 e. The number of aromatic nitrogens is 9. The highest BCUT2D eigenvalue weighted by Crippen LogP contribution is 2.46. The van der Waals surface area contributed by atoms with Gasteiger partial charge in [-0.05, 0) is 251 Å². The van der Waals surface area contributed by atoms with Crippen molar-refractivity contribution in [1.29, 1.82) is 10.5 Å². The maximum atomic E-state index is 10.4. The molecular weight excluding hydrogens is 1820 g/mol. The van der Waals surface area contributed by atoms with Crippen LogP contribution in [-0.2, 0) is 0 Å². The average molecular weight is 1920 g/mol. The van der Waals surface area contributed by atoms with E-state index in [-0.39, 0.29) is 0 Å². The predicted molar refractivity (Wildman–Crippen MR) is 622 cm³/mol. The summed E-state index contributed by atoms with van der Waals surface area (Å²) in [6.07, 6.45) is 0. The third-order valence-electron chi connectivity index (χ3n) is 28.1. The van der Waals surface area contributed by atoms with Crippen LogP contribution in [0, 0.1) is 56.6 Å². The normalized spacial score (nSPS) is 11.1. The van der Waals surface area contributed by atoms with Crippen LogP contribution in [0.25, 0.3) is 242 Å². The Labute approximate surface area is 864 Å². The molecule has 20 aromatic carbocycles. The van der Waals surface area contributed by atoms with E-state index in [1.54, 1.807) is 0 Å². The summed E-state index contributed by atoms with van der Waals surface area (Å²) in [6.45, 7) is 33.7. The Morgan fingerprint density at radius 2 is 0.470 bits per heavy atom. The van der Waals surface area contributed by atoms with Crippen LogP contribution < -0.4 is 0 Å². The van der Waals surface area contributed by atoms with Gasteiger partial charge in [0.25, 0.3) is 0 Å². The first kappa shape index (κ1) is 94.1. The second-order valence-electron chi connectivity index (χ2n) is 36.3. The van der Waals surface area contributed by atoms with Gasteiger partial charge in [-0.25, -0.2) is 24.6 Å². The quantitative estimate of drug-likeness (QED) is 0.113. The van der Waals surface area contributed by atoms with Crippen molar-refractivity contribution in [2.45, 2.75) is 62.3 Å². The summed E-state index contributed by atoms with van der Waals surface area (Å²) >= 11 is 0. The van der Waals surface area contributed by atoms with E-state index in [0.29, 0.717) is 40.0 Å². The number of benzene rings is 20. The topological polar surface area (TPSA) is 125 Å². The van der Waals surface area contributed by atoms with Crippen LogP contribution in [0.3, 0.4) is 0 Å². The lowest BCUT2D eigenvalue weighted by Gasteiger charge is -2.13. The van der Waals surface area contributed by atoms with Gasteiger partial charge < -0.3 is 27.4 Å². The van der Waals surface area contributed by atoms with Crippen molar-refractivity contribution in [3.8, 4) is 114 Å². The first-order valence-electron chi connectivity index (χ1n) is 50.7. The molecule has 0 bridgehead atoms. The van der Waals surface area contributed by atoms with Crippen molar-refractivity contribution in [3.63, 3.8) is 0 Å². The van der Waals surface area contributed by atoms with Crippen molar-refractivity contribution in [2.75, 3.05) is 0 Å². The Kier molecular flexibility index (Phi) is 25.6. The van der Waals surface area contributed by atoms with E-state index < -0.39 is 0 Å². The summed E-state index contributed by atoms with van der Waals surface area (Å²) in [7, 11) is 0. The highest BCUT2D eigenvalue weighted by Gasteiger charge is 2.25. The molecule has 27 aromatic rings. The molecule has 27 rings (SSSR count). The molecule has 0 radical (unpaired) electrons. The van der Waals surface area contributed by atoms with Crippen molar-refractivity contribution >= 4 is 142 Å². The fourth-order valence-electron chi connectivity index (χ4n) is 21.4. The van der Waals surface area contributed by atoms with Crippen LogP contribution in [0.2, 0.25) is 0 Å². The minimum Gasteiger partial charge on any atom is -0.309 e. The highest BCUT2D eigenvalue weighted by molar-refractivity contribution is 6.17. The molecule has 0 N–H and O–H groups in total. The number of nitrogens with zero attached hydrogens (tertiary/aromatic N) is 13. The standard InChI is InChI=1S/C52H35N5.2C39H24N4.3C2H6/c1-34-14-8-11-21-45(34)57-48-30-26-38(35-24-28-40(29-25-35)56-46-22-12-9-19-41(46)42-20-10-13-23-47(42)56)32-43(48)44-33-39(27-31-49(44)57)52-54-50(36-15-4-2-5-16-36)53-51(55-52)37-17-6-3-7-18-37;1-25-9-3-6-12-35(25)43-38-19-15-26(22-33(38)34-23-28(41-2)16-20-39(34)43)30-18-17-29(21-27(30)24-40)42-36-13-7-4-10-31(36)32-11-5-8-14-37(32)42;1-25-9-3-6-12-34(25)42-38-19-16-27(22-32(38)33-23-29(41-2)17-20-39(33)42)26-15-18-35(28(21-26)24-40)43-36-13-7-4-10-30(36)31-11-5-8-14-37(31)43;3*1-2/h2-33H,1H3;2*3-23H,1H3;3*1-2H3. The maximum absolute atomic E-state index is 10.4. The van der Waals surface area contributed by atoms with Crippen LogP contribution in [0.4, 0.5) is 11.4 Å². The van der Waals surface area contributed by atoms with E-state index in [1.807, 2.05) is 169 Å². The number of fused-ring (bicyclic) bond motifs is 18. The minimum absolute atomic E-state index is 0.606. The number of hydrogen-bond donors (Lipinski definition) is 0. The second-order valence-corrected chi connectivity index (χ2v) is 36.3. The zero-order valence-electron chi connectivity index (χ0n) is 84.0. The van der Waals surface area contributed by atoms with Gasteiger partial charge in [0, 0.05) is 99.0 Å². The van der Waals surface area contributed by atoms with Gasteiger partial charge >= 0.3 is 0 Å². The van der Waals surface area contributed by atoms with Crippen LogP contribution in [0.1, 0.15) is 69.4 Å². The Morgan fingerprint density at radius 1 is 0.201 bits per heavy atom. The number of nitriles is 2. The third kappa shape index (κ3) is 16.7. The van der Waals surface area contributed by atoms with Crippen molar-refractivity contribution < 1.29 is 0 Å². The predicted octanol–water partition coefficient (Wildman–Crippen LogP) is 36.7. The molecule has 13 heteroatoms. The first-order chi connectivity index (χ1) is 73.5. The minimum atomic E-state index is 0.606. The van der Waals surface area contributed by atoms with Crippen LogP contribution >= 0.6 is 0 Å². The van der Waals surface area contributed by atoms with E-state index in [0.717, 1.165) is 166 Å². The van der Waals surface area contributed by atoms with Crippen molar-refractivity contribution in [2.24, 2.45) is 0 Å². The summed E-state index contributed by atoms with van der Waals surface area (Å²) in [6, 6.07) is 161. The summed E-state index contributed by atoms with van der Waals surface area (Å²) < 4.78 is 13.7. The fourth-order valence-corrected chi connectivity index (χ4v) is 21.4. The molecule has 0 saturated heterocycles. The average Bonchev–Trinajstić information content (AvgIpc) is 1.58. The molecule has 0 saturated carbocycles. The zero-order valence-corrected chi connectivity index (χ0v) is 84.0. The SMILES string of the molecule is CC.CC.CC.Cc1ccccc1-n1c2ccc(-c3ccc(-n4c5ccccc5c5ccccc54)cc3)cc2c2cc(-c3nc(-c4ccccc4)nc(-c4ccccc4)n3)ccc21.[C-]#[N+]c1ccc2c(c1)c1cc(-c3ccc(-n4c5ccccc5c5ccccc54)c(C#N)c3)ccc1n2-c1ccccc1C.[C-]#[N+]c1ccc2c(c1)c1cc(-c3ccc(-n4c5ccccc5c5ccccc54)cc3C#N)ccc1n2-c1ccccc1C. The van der Waals surface area contributed by atoms with Gasteiger partial charge in [-0.3, -0.25) is 0 Å². The molecule has 0 aliphatic heterocycles. The van der Waals surface area contributed by atoms with E-state index in [4.69, 9.17) is 28.1 Å². The fraction of sp³-hybridized carbons (Fsp3) is 0.0662. The lowest BCUT2D eigenvalue weighted by Crippen LogP contribution is -2.00. The first-order valence-corrected chi connectivity index (χ1v) is 50.7. The van der Waals surface area contributed by atoms with Crippen LogP contribution in [0.5, 0.6) is 0 Å². The summed E-state index contributed by atoms with van der Waals surface area (Å²) in [5.41, 5.74) is 34.7. The molecule has 0 fully saturated rings. The second kappa shape index (κ2) is 40.5. The van der Waals surface area contributed by atoms with E-state index in [1.165, 1.54) is 65.4 Å². The smallest absolute Gasteiger partial charge is 0.188 e. The van der Waals surface area contributed by atoms with Gasteiger partial charge in [0.05, 0.1) is 102 Å². The lowest BCUT2D eigenvalue weighted by molar-refractivity contribution is 1.07. The molecule has 0 unspecified atom stereocenters. The summed E-state index contributed by atoms with van der Waals surface area (Å²) in [5.74, 6) is 1.93. The van der Waals surface area contributed by atoms with E-state index in [9.17, 15) is 10.5 Å². The van der Waals surface area contributed by atoms with Gasteiger partial charge in [-0.2, -0.15) is 10.5 Å². The molecular formula is C136H101N13. The van der Waals surface area contributed by atoms with E-state index >= 15 is 0 Å². The van der Waals surface area contributed by atoms with Crippen LogP contribution in [-0.4, -0.2) is 42.4 Å². The number of para-hydroxylation sites is 9. The molecule has 13 nitrogen and oxygen atoms in total. The third-order valence-corrected chi connectivity index (χ3v) is 28.1. The van der Waals surface area contributed by atoms with Gasteiger partial charge in [0.15, 0.2) is 28.8 Å². The molecule has 0 aliphatic rings. The Bertz CT molecular complexity index is 9870. The highest BCUT2D eigenvalue weighted by atomic mass is 15.1. The molecule has 710 valence electrons. The number of hydrogen-bond acceptors (Lipinski definition) is 5. The Morgan fingerprint density at radius 3 is 0.852 bits per heavy atom. The lowest BCUT2D eigenvalue weighted by atomic mass is 9.97. The number of rotatable bonds is 12. The van der Waals surface area contributed by atoms with Crippen LogP contribution in [0.15, 0.2) is 449 Å². The van der Waals surface area contributed by atoms with Gasteiger partial charge in [-0.15, -0.1) is 0 Å². The molecule has 7 heterocycles. The molecule has 0 spiro atoms.